The summed E-state index contributed by atoms with van der Waals surface area (Å²) >= 11 is 0. The Balaban J connectivity index is 2.49. The molecule has 0 bridgehead atoms. The highest BCUT2D eigenvalue weighted by Crippen LogP contribution is 2.38. The van der Waals surface area contributed by atoms with Gasteiger partial charge in [-0.05, 0) is 19.3 Å². The van der Waals surface area contributed by atoms with Gasteiger partial charge in [0.1, 0.15) is 5.78 Å². The van der Waals surface area contributed by atoms with Gasteiger partial charge in [0.2, 0.25) is 0 Å². The van der Waals surface area contributed by atoms with Crippen LogP contribution in [0.1, 0.15) is 77.6 Å². The summed E-state index contributed by atoms with van der Waals surface area (Å²) in [7, 11) is 0. The van der Waals surface area contributed by atoms with Crippen molar-refractivity contribution in [3.8, 4) is 12.3 Å². The molecule has 1 rings (SSSR count). The number of carbonyl (C=O) groups is 2. The maximum absolute atomic E-state index is 12.3. The Hall–Kier alpha value is -1.60. The molecule has 0 aromatic heterocycles. The second kappa shape index (κ2) is 12.7. The molecular weight excluding hydrogens is 328 g/mol. The molecule has 146 valence electrons. The van der Waals surface area contributed by atoms with Crippen molar-refractivity contribution in [1.29, 1.82) is 0 Å². The smallest absolute Gasteiger partial charge is 0.303 e. The molecule has 0 radical (unpaired) electrons. The number of aliphatic carboxylic acids is 1. The van der Waals surface area contributed by atoms with E-state index < -0.39 is 12.1 Å². The molecule has 1 aliphatic carbocycles. The molecule has 4 atom stereocenters. The summed E-state index contributed by atoms with van der Waals surface area (Å²) in [5, 5.41) is 18.7. The van der Waals surface area contributed by atoms with Crippen LogP contribution in [0.4, 0.5) is 0 Å². The maximum Gasteiger partial charge on any atom is 0.303 e. The van der Waals surface area contributed by atoms with Crippen molar-refractivity contribution >= 4 is 11.8 Å². The topological polar surface area (TPSA) is 74.6 Å². The highest BCUT2D eigenvalue weighted by Gasteiger charge is 2.39. The van der Waals surface area contributed by atoms with Gasteiger partial charge < -0.3 is 10.2 Å². The molecule has 4 heteroatoms. The van der Waals surface area contributed by atoms with E-state index in [1.807, 2.05) is 12.2 Å². The molecule has 0 aliphatic heterocycles. The van der Waals surface area contributed by atoms with Crippen LogP contribution in [-0.4, -0.2) is 28.1 Å². The van der Waals surface area contributed by atoms with Crippen LogP contribution >= 0.6 is 0 Å². The summed E-state index contributed by atoms with van der Waals surface area (Å²) in [6.45, 7) is 2.14. The molecule has 0 aromatic rings. The lowest BCUT2D eigenvalue weighted by molar-refractivity contribution is -0.137. The SMILES string of the molecule is C#CC1CC(=O)[C@H](CCCCCCC(=O)O)[C@H]1C=C[C@H](O)CCCCC. The van der Waals surface area contributed by atoms with Crippen LogP contribution in [0.25, 0.3) is 0 Å². The molecule has 2 N–H and O–H groups in total. The zero-order valence-electron chi connectivity index (χ0n) is 16.0. The average Bonchev–Trinajstić information content (AvgIpc) is 2.91. The Bertz CT molecular complexity index is 503. The van der Waals surface area contributed by atoms with Crippen molar-refractivity contribution < 1.29 is 19.8 Å². The van der Waals surface area contributed by atoms with Crippen molar-refractivity contribution in [3.63, 3.8) is 0 Å². The van der Waals surface area contributed by atoms with E-state index in [2.05, 4.69) is 12.8 Å². The summed E-state index contributed by atoms with van der Waals surface area (Å²) in [6.07, 6.45) is 17.8. The Morgan fingerprint density at radius 3 is 2.65 bits per heavy atom. The molecule has 1 aliphatic rings. The van der Waals surface area contributed by atoms with Gasteiger partial charge in [-0.15, -0.1) is 12.3 Å². The predicted octanol–water partition coefficient (Wildman–Crippen LogP) is 4.36. The lowest BCUT2D eigenvalue weighted by Gasteiger charge is -2.18. The van der Waals surface area contributed by atoms with E-state index in [0.717, 1.165) is 51.4 Å². The minimum Gasteiger partial charge on any atom is -0.481 e. The van der Waals surface area contributed by atoms with Crippen molar-refractivity contribution in [2.75, 3.05) is 0 Å². The van der Waals surface area contributed by atoms with Crippen LogP contribution in [-0.2, 0) is 9.59 Å². The monoisotopic (exact) mass is 362 g/mol. The molecule has 26 heavy (non-hydrogen) atoms. The largest absolute Gasteiger partial charge is 0.481 e. The fraction of sp³-hybridized carbons (Fsp3) is 0.727. The number of terminal acetylenes is 1. The minimum atomic E-state index is -0.754. The number of carboxylic acids is 1. The van der Waals surface area contributed by atoms with Gasteiger partial charge in [-0.25, -0.2) is 0 Å². The fourth-order valence-corrected chi connectivity index (χ4v) is 3.74. The van der Waals surface area contributed by atoms with Crippen LogP contribution in [0, 0.1) is 30.1 Å². The van der Waals surface area contributed by atoms with E-state index in [1.165, 1.54) is 0 Å². The van der Waals surface area contributed by atoms with Gasteiger partial charge >= 0.3 is 5.97 Å². The minimum absolute atomic E-state index is 0.0207. The lowest BCUT2D eigenvalue weighted by atomic mass is 9.85. The quantitative estimate of drug-likeness (QED) is 0.290. The first-order valence-corrected chi connectivity index (χ1v) is 10.1. The van der Waals surface area contributed by atoms with Gasteiger partial charge in [0, 0.05) is 30.6 Å². The molecule has 1 fully saturated rings. The van der Waals surface area contributed by atoms with Gasteiger partial charge in [-0.1, -0.05) is 57.6 Å². The Morgan fingerprint density at radius 1 is 1.27 bits per heavy atom. The van der Waals surface area contributed by atoms with Crippen LogP contribution in [0.3, 0.4) is 0 Å². The number of aliphatic hydroxyl groups excluding tert-OH is 1. The number of unbranched alkanes of at least 4 members (excludes halogenated alkanes) is 5. The van der Waals surface area contributed by atoms with Crippen molar-refractivity contribution in [2.24, 2.45) is 17.8 Å². The van der Waals surface area contributed by atoms with Crippen molar-refractivity contribution in [2.45, 2.75) is 83.7 Å². The number of aliphatic hydroxyl groups is 1. The Kier molecular flexibility index (Phi) is 11.0. The van der Waals surface area contributed by atoms with Crippen molar-refractivity contribution in [1.82, 2.24) is 0 Å². The fourth-order valence-electron chi connectivity index (χ4n) is 3.74. The zero-order chi connectivity index (χ0) is 19.4. The number of hydrogen-bond donors (Lipinski definition) is 2. The zero-order valence-corrected chi connectivity index (χ0v) is 16.0. The van der Waals surface area contributed by atoms with Gasteiger partial charge in [-0.2, -0.15) is 0 Å². The first-order valence-electron chi connectivity index (χ1n) is 10.1. The number of hydrogen-bond acceptors (Lipinski definition) is 3. The molecule has 0 spiro atoms. The van der Waals surface area contributed by atoms with E-state index in [-0.39, 0.29) is 30.0 Å². The molecule has 0 heterocycles. The number of carbonyl (C=O) groups excluding carboxylic acids is 1. The van der Waals surface area contributed by atoms with E-state index in [4.69, 9.17) is 11.5 Å². The second-order valence-corrected chi connectivity index (χ2v) is 7.42. The van der Waals surface area contributed by atoms with Gasteiger partial charge in [0.15, 0.2) is 0 Å². The standard InChI is InChI=1S/C22H34O4/c1-3-5-8-11-18(23)14-15-19-17(4-2)16-21(24)20(19)12-9-6-7-10-13-22(25)26/h2,14-15,17-20,23H,3,5-13,16H2,1H3,(H,25,26)/t17?,18-,19+,20-/m1/s1. The third-order valence-corrected chi connectivity index (χ3v) is 5.29. The third-order valence-electron chi connectivity index (χ3n) is 5.29. The number of Topliss-reactive ketones (excluding diaryl/α,β-unsaturated/α-hetero) is 1. The second-order valence-electron chi connectivity index (χ2n) is 7.42. The lowest BCUT2D eigenvalue weighted by Crippen LogP contribution is -2.16. The first kappa shape index (κ1) is 22.4. The summed E-state index contributed by atoms with van der Waals surface area (Å²) in [6, 6.07) is 0. The molecule has 4 nitrogen and oxygen atoms in total. The Labute approximate surface area is 158 Å². The number of ketones is 1. The summed E-state index contributed by atoms with van der Waals surface area (Å²) in [5.41, 5.74) is 0. The van der Waals surface area contributed by atoms with E-state index >= 15 is 0 Å². The third kappa shape index (κ3) is 8.19. The van der Waals surface area contributed by atoms with Crippen LogP contribution in [0.15, 0.2) is 12.2 Å². The summed E-state index contributed by atoms with van der Waals surface area (Å²) < 4.78 is 0. The molecule has 0 amide bonds. The van der Waals surface area contributed by atoms with Crippen LogP contribution in [0.2, 0.25) is 0 Å². The van der Waals surface area contributed by atoms with Gasteiger partial charge in [-0.3, -0.25) is 9.59 Å². The Morgan fingerprint density at radius 2 is 2.00 bits per heavy atom. The highest BCUT2D eigenvalue weighted by molar-refractivity contribution is 5.84. The summed E-state index contributed by atoms with van der Waals surface area (Å²) in [5.74, 6) is 2.12. The molecule has 1 unspecified atom stereocenters. The van der Waals surface area contributed by atoms with E-state index in [0.29, 0.717) is 12.8 Å². The average molecular weight is 363 g/mol. The highest BCUT2D eigenvalue weighted by atomic mass is 16.4. The predicted molar refractivity (Wildman–Crippen MR) is 104 cm³/mol. The van der Waals surface area contributed by atoms with Crippen LogP contribution in [0.5, 0.6) is 0 Å². The van der Waals surface area contributed by atoms with E-state index in [9.17, 15) is 14.7 Å². The number of rotatable bonds is 13. The summed E-state index contributed by atoms with van der Waals surface area (Å²) in [4.78, 5) is 22.9. The van der Waals surface area contributed by atoms with Gasteiger partial charge in [0.05, 0.1) is 6.10 Å². The van der Waals surface area contributed by atoms with E-state index in [1.54, 1.807) is 0 Å². The van der Waals surface area contributed by atoms with Crippen LogP contribution < -0.4 is 0 Å². The first-order chi connectivity index (χ1) is 12.5. The number of carboxylic acid groups (broad SMARTS) is 1. The number of allylic oxidation sites excluding steroid dienone is 1. The van der Waals surface area contributed by atoms with Gasteiger partial charge in [0.25, 0.3) is 0 Å². The molecule has 1 saturated carbocycles. The maximum atomic E-state index is 12.3. The molecule has 0 saturated heterocycles. The normalized spacial score (nSPS) is 24.0. The molecule has 0 aromatic carbocycles. The molecular formula is C22H34O4. The van der Waals surface area contributed by atoms with Crippen molar-refractivity contribution in [3.05, 3.63) is 12.2 Å².